The second-order valence-electron chi connectivity index (χ2n) is 3.06. The number of nitrogens with two attached hydrogens (primary N) is 1. The van der Waals surface area contributed by atoms with Gasteiger partial charge in [0, 0.05) is 11.9 Å². The van der Waals surface area contributed by atoms with Crippen molar-refractivity contribution in [2.45, 2.75) is 13.0 Å². The number of pyridine rings is 1. The van der Waals surface area contributed by atoms with E-state index in [0.29, 0.717) is 6.61 Å². The summed E-state index contributed by atoms with van der Waals surface area (Å²) in [7, 11) is 0. The highest BCUT2D eigenvalue weighted by molar-refractivity contribution is 7.98. The molecule has 0 aliphatic rings. The first-order valence-corrected chi connectivity index (χ1v) is 6.24. The van der Waals surface area contributed by atoms with Gasteiger partial charge in [-0.25, -0.2) is 0 Å². The van der Waals surface area contributed by atoms with Gasteiger partial charge in [-0.05, 0) is 24.8 Å². The van der Waals surface area contributed by atoms with Crippen LogP contribution in [0.15, 0.2) is 18.5 Å². The normalized spacial score (nSPS) is 12.5. The van der Waals surface area contributed by atoms with E-state index in [1.54, 1.807) is 18.0 Å². The molecule has 5 heteroatoms. The molecule has 0 aliphatic heterocycles. The second-order valence-corrected chi connectivity index (χ2v) is 3.97. The van der Waals surface area contributed by atoms with Crippen molar-refractivity contribution < 1.29 is 4.74 Å². The predicted octanol–water partition coefficient (Wildman–Crippen LogP) is 1.35. The lowest BCUT2D eigenvalue weighted by molar-refractivity contribution is 0.338. The van der Waals surface area contributed by atoms with Crippen LogP contribution in [-0.2, 0) is 0 Å². The molecule has 1 unspecified atom stereocenters. The van der Waals surface area contributed by atoms with Gasteiger partial charge < -0.3 is 4.74 Å². The standard InChI is InChI=1S/C10H17N3OS/c1-3-14-9-4-8(5-12-6-9)10(13-11)7-15-2/h4-6,10,13H,3,7,11H2,1-2H3. The second kappa shape index (κ2) is 6.66. The summed E-state index contributed by atoms with van der Waals surface area (Å²) in [4.78, 5) is 4.12. The van der Waals surface area contributed by atoms with Gasteiger partial charge in [0.1, 0.15) is 5.75 Å². The highest BCUT2D eigenvalue weighted by Gasteiger charge is 2.09. The van der Waals surface area contributed by atoms with Crippen LogP contribution in [0.3, 0.4) is 0 Å². The van der Waals surface area contributed by atoms with E-state index in [1.165, 1.54) is 0 Å². The molecule has 0 fully saturated rings. The Morgan fingerprint density at radius 1 is 1.60 bits per heavy atom. The van der Waals surface area contributed by atoms with Gasteiger partial charge in [0.05, 0.1) is 18.8 Å². The summed E-state index contributed by atoms with van der Waals surface area (Å²) in [6.07, 6.45) is 5.56. The molecule has 0 saturated heterocycles. The minimum absolute atomic E-state index is 0.118. The van der Waals surface area contributed by atoms with Crippen LogP contribution in [0.25, 0.3) is 0 Å². The highest BCUT2D eigenvalue weighted by Crippen LogP contribution is 2.19. The Labute approximate surface area is 94.6 Å². The quantitative estimate of drug-likeness (QED) is 0.567. The van der Waals surface area contributed by atoms with Crippen molar-refractivity contribution in [3.8, 4) is 5.75 Å². The fourth-order valence-corrected chi connectivity index (χ4v) is 1.90. The number of aromatic nitrogens is 1. The van der Waals surface area contributed by atoms with Crippen LogP contribution in [0.4, 0.5) is 0 Å². The summed E-state index contributed by atoms with van der Waals surface area (Å²) in [5.74, 6) is 7.18. The number of hydrogen-bond acceptors (Lipinski definition) is 5. The first kappa shape index (κ1) is 12.3. The van der Waals surface area contributed by atoms with E-state index in [9.17, 15) is 0 Å². The van der Waals surface area contributed by atoms with Crippen molar-refractivity contribution in [3.63, 3.8) is 0 Å². The molecule has 84 valence electrons. The number of rotatable bonds is 6. The highest BCUT2D eigenvalue weighted by atomic mass is 32.2. The number of hydrazine groups is 1. The zero-order chi connectivity index (χ0) is 11.1. The Morgan fingerprint density at radius 2 is 2.40 bits per heavy atom. The first-order chi connectivity index (χ1) is 7.31. The van der Waals surface area contributed by atoms with Gasteiger partial charge in [0.15, 0.2) is 0 Å². The molecular weight excluding hydrogens is 210 g/mol. The van der Waals surface area contributed by atoms with Crippen molar-refractivity contribution in [1.29, 1.82) is 0 Å². The summed E-state index contributed by atoms with van der Waals surface area (Å²) >= 11 is 1.74. The Morgan fingerprint density at radius 3 is 3.00 bits per heavy atom. The van der Waals surface area contributed by atoms with Crippen LogP contribution in [0.5, 0.6) is 5.75 Å². The van der Waals surface area contributed by atoms with Crippen LogP contribution in [0.1, 0.15) is 18.5 Å². The molecule has 1 aromatic heterocycles. The molecule has 0 saturated carbocycles. The van der Waals surface area contributed by atoms with Crippen LogP contribution < -0.4 is 16.0 Å². The summed E-state index contributed by atoms with van der Waals surface area (Å²) in [5.41, 5.74) is 3.83. The topological polar surface area (TPSA) is 60.2 Å². The molecule has 1 aromatic rings. The Kier molecular flexibility index (Phi) is 5.45. The average molecular weight is 227 g/mol. The lowest BCUT2D eigenvalue weighted by Gasteiger charge is -2.15. The fourth-order valence-electron chi connectivity index (χ4n) is 1.28. The third kappa shape index (κ3) is 3.70. The Bertz CT molecular complexity index is 296. The van der Waals surface area contributed by atoms with Gasteiger partial charge >= 0.3 is 0 Å². The fraction of sp³-hybridized carbons (Fsp3) is 0.500. The molecule has 0 spiro atoms. The molecule has 0 radical (unpaired) electrons. The van der Waals surface area contributed by atoms with E-state index in [2.05, 4.69) is 10.4 Å². The number of hydrogen-bond donors (Lipinski definition) is 2. The van der Waals surface area contributed by atoms with Gasteiger partial charge in [-0.1, -0.05) is 0 Å². The van der Waals surface area contributed by atoms with E-state index in [0.717, 1.165) is 17.1 Å². The lowest BCUT2D eigenvalue weighted by atomic mass is 10.1. The third-order valence-corrected chi connectivity index (χ3v) is 2.65. The summed E-state index contributed by atoms with van der Waals surface area (Å²) in [6.45, 7) is 2.60. The molecule has 1 rings (SSSR count). The largest absolute Gasteiger partial charge is 0.492 e. The summed E-state index contributed by atoms with van der Waals surface area (Å²) in [5, 5.41) is 0. The van der Waals surface area contributed by atoms with E-state index < -0.39 is 0 Å². The van der Waals surface area contributed by atoms with Crippen LogP contribution in [0.2, 0.25) is 0 Å². The summed E-state index contributed by atoms with van der Waals surface area (Å²) in [6, 6.07) is 2.09. The molecule has 1 heterocycles. The van der Waals surface area contributed by atoms with Crippen LogP contribution >= 0.6 is 11.8 Å². The number of nitrogens with zero attached hydrogens (tertiary/aromatic N) is 1. The van der Waals surface area contributed by atoms with Crippen molar-refractivity contribution >= 4 is 11.8 Å². The molecule has 0 aliphatic carbocycles. The van der Waals surface area contributed by atoms with Crippen LogP contribution in [-0.4, -0.2) is 23.6 Å². The number of thioether (sulfide) groups is 1. The minimum Gasteiger partial charge on any atom is -0.492 e. The molecular formula is C10H17N3OS. The molecule has 3 N–H and O–H groups in total. The molecule has 1 atom stereocenters. The maximum absolute atomic E-state index is 5.48. The zero-order valence-electron chi connectivity index (χ0n) is 9.06. The van der Waals surface area contributed by atoms with Gasteiger partial charge in [0.25, 0.3) is 0 Å². The van der Waals surface area contributed by atoms with Gasteiger partial charge in [-0.3, -0.25) is 16.3 Å². The smallest absolute Gasteiger partial charge is 0.137 e. The summed E-state index contributed by atoms with van der Waals surface area (Å²) < 4.78 is 5.38. The molecule has 4 nitrogen and oxygen atoms in total. The van der Waals surface area contributed by atoms with E-state index in [4.69, 9.17) is 10.6 Å². The predicted molar refractivity (Wildman–Crippen MR) is 63.9 cm³/mol. The van der Waals surface area contributed by atoms with E-state index in [1.807, 2.05) is 25.4 Å². The molecule has 0 amide bonds. The van der Waals surface area contributed by atoms with E-state index in [-0.39, 0.29) is 6.04 Å². The molecule has 0 aromatic carbocycles. The monoisotopic (exact) mass is 227 g/mol. The van der Waals surface area contributed by atoms with Crippen LogP contribution in [0, 0.1) is 0 Å². The van der Waals surface area contributed by atoms with Crippen molar-refractivity contribution in [2.24, 2.45) is 5.84 Å². The van der Waals surface area contributed by atoms with Crippen molar-refractivity contribution in [2.75, 3.05) is 18.6 Å². The third-order valence-electron chi connectivity index (χ3n) is 1.98. The molecule has 0 bridgehead atoms. The Hall–Kier alpha value is -0.780. The lowest BCUT2D eigenvalue weighted by Crippen LogP contribution is -2.29. The average Bonchev–Trinajstić information content (AvgIpc) is 2.27. The van der Waals surface area contributed by atoms with Gasteiger partial charge in [-0.2, -0.15) is 11.8 Å². The van der Waals surface area contributed by atoms with Gasteiger partial charge in [0.2, 0.25) is 0 Å². The maximum Gasteiger partial charge on any atom is 0.137 e. The van der Waals surface area contributed by atoms with Crippen molar-refractivity contribution in [1.82, 2.24) is 10.4 Å². The molecule has 15 heavy (non-hydrogen) atoms. The maximum atomic E-state index is 5.48. The first-order valence-electron chi connectivity index (χ1n) is 4.84. The van der Waals surface area contributed by atoms with E-state index >= 15 is 0 Å². The minimum atomic E-state index is 0.118. The van der Waals surface area contributed by atoms with Gasteiger partial charge in [-0.15, -0.1) is 0 Å². The number of nitrogens with one attached hydrogen (secondary N) is 1. The SMILES string of the molecule is CCOc1cncc(C(CSC)NN)c1. The zero-order valence-corrected chi connectivity index (χ0v) is 9.88. The number of ether oxygens (including phenoxy) is 1. The van der Waals surface area contributed by atoms with Crippen molar-refractivity contribution in [3.05, 3.63) is 24.0 Å². The Balaban J connectivity index is 2.77.